The van der Waals surface area contributed by atoms with Crippen LogP contribution in [0.25, 0.3) is 0 Å². The third-order valence-electron chi connectivity index (χ3n) is 3.17. The van der Waals surface area contributed by atoms with Crippen LogP contribution in [0.2, 0.25) is 0 Å². The van der Waals surface area contributed by atoms with E-state index in [0.29, 0.717) is 19.7 Å². The van der Waals surface area contributed by atoms with Crippen LogP contribution in [0.1, 0.15) is 13.8 Å². The van der Waals surface area contributed by atoms with E-state index in [1.165, 1.54) is 14.0 Å². The molecule has 2 unspecified atom stereocenters. The molecule has 1 saturated heterocycles. The summed E-state index contributed by atoms with van der Waals surface area (Å²) >= 11 is 0. The average molecular weight is 301 g/mol. The van der Waals surface area contributed by atoms with Crippen LogP contribution in [0.4, 0.5) is 0 Å². The number of nitrogens with zero attached hydrogens (tertiary/aromatic N) is 1. The van der Waals surface area contributed by atoms with Gasteiger partial charge >= 0.3 is 5.97 Å². The first kappa shape index (κ1) is 17.4. The van der Waals surface area contributed by atoms with Gasteiger partial charge in [-0.05, 0) is 6.92 Å². The van der Waals surface area contributed by atoms with E-state index < -0.39 is 18.1 Å². The zero-order valence-electron chi connectivity index (χ0n) is 12.7. The molecule has 120 valence electrons. The number of carbonyl (C=O) groups is 3. The second kappa shape index (κ2) is 8.58. The minimum absolute atomic E-state index is 0.149. The molecule has 0 aromatic heterocycles. The van der Waals surface area contributed by atoms with Crippen molar-refractivity contribution in [2.45, 2.75) is 25.9 Å². The summed E-state index contributed by atoms with van der Waals surface area (Å²) in [6, 6.07) is -1.28. The largest absolute Gasteiger partial charge is 0.467 e. The Bertz CT molecular complexity index is 388. The third kappa shape index (κ3) is 5.31. The highest BCUT2D eigenvalue weighted by Gasteiger charge is 2.33. The molecule has 0 aromatic rings. The Morgan fingerprint density at radius 2 is 2.14 bits per heavy atom. The van der Waals surface area contributed by atoms with Crippen molar-refractivity contribution >= 4 is 17.8 Å². The molecule has 1 aliphatic heterocycles. The van der Waals surface area contributed by atoms with Gasteiger partial charge in [0.1, 0.15) is 12.1 Å². The fourth-order valence-corrected chi connectivity index (χ4v) is 2.19. The maximum absolute atomic E-state index is 12.0. The highest BCUT2D eigenvalue weighted by atomic mass is 16.5. The molecule has 0 bridgehead atoms. The Kier molecular flexibility index (Phi) is 7.10. The first-order valence-electron chi connectivity index (χ1n) is 6.94. The third-order valence-corrected chi connectivity index (χ3v) is 3.17. The van der Waals surface area contributed by atoms with Crippen molar-refractivity contribution in [2.75, 3.05) is 40.0 Å². The maximum Gasteiger partial charge on any atom is 0.329 e. The van der Waals surface area contributed by atoms with Gasteiger partial charge in [0.05, 0.1) is 20.3 Å². The molecule has 0 radical (unpaired) electrons. The average Bonchev–Trinajstić information content (AvgIpc) is 2.46. The normalized spacial score (nSPS) is 20.4. The Morgan fingerprint density at radius 1 is 1.43 bits per heavy atom. The molecule has 1 rings (SSSR count). The van der Waals surface area contributed by atoms with Crippen molar-refractivity contribution in [1.29, 1.82) is 0 Å². The number of hydrogen-bond acceptors (Lipinski definition) is 6. The number of carbonyl (C=O) groups excluding carboxylic acids is 3. The molecule has 2 amide bonds. The molecule has 1 fully saturated rings. The minimum atomic E-state index is -0.803. The lowest BCUT2D eigenvalue weighted by atomic mass is 10.1. The molecule has 8 nitrogen and oxygen atoms in total. The molecule has 8 heteroatoms. The van der Waals surface area contributed by atoms with Gasteiger partial charge in [-0.3, -0.25) is 14.5 Å². The predicted octanol–water partition coefficient (Wildman–Crippen LogP) is -1.50. The highest BCUT2D eigenvalue weighted by molar-refractivity contribution is 5.84. The standard InChI is InChI=1S/C13H23N3O5/c1-4-14-12(18)11-8-21-6-5-16(11)7-10(13(19)20-3)15-9(2)17/h10-11H,4-8H2,1-3H3,(H,14,18)(H,15,17). The second-order valence-corrected chi connectivity index (χ2v) is 4.76. The van der Waals surface area contributed by atoms with Gasteiger partial charge in [0, 0.05) is 26.6 Å². The van der Waals surface area contributed by atoms with Crippen molar-refractivity contribution in [3.05, 3.63) is 0 Å². The fraction of sp³-hybridized carbons (Fsp3) is 0.769. The van der Waals surface area contributed by atoms with Crippen LogP contribution in [0.5, 0.6) is 0 Å². The second-order valence-electron chi connectivity index (χ2n) is 4.76. The van der Waals surface area contributed by atoms with E-state index in [-0.39, 0.29) is 25.0 Å². The number of amides is 2. The summed E-state index contributed by atoms with van der Waals surface area (Å²) in [6.45, 7) is 5.14. The maximum atomic E-state index is 12.0. The Morgan fingerprint density at radius 3 is 2.71 bits per heavy atom. The number of morpholine rings is 1. The van der Waals surface area contributed by atoms with Crippen LogP contribution >= 0.6 is 0 Å². The van der Waals surface area contributed by atoms with Gasteiger partial charge in [-0.1, -0.05) is 0 Å². The molecule has 0 spiro atoms. The van der Waals surface area contributed by atoms with Crippen LogP contribution in [0.15, 0.2) is 0 Å². The van der Waals surface area contributed by atoms with Gasteiger partial charge in [0.25, 0.3) is 0 Å². The van der Waals surface area contributed by atoms with Crippen LogP contribution in [-0.4, -0.2) is 74.7 Å². The quantitative estimate of drug-likeness (QED) is 0.580. The van der Waals surface area contributed by atoms with Crippen molar-refractivity contribution < 1.29 is 23.9 Å². The molecule has 1 heterocycles. The Balaban J connectivity index is 2.75. The lowest BCUT2D eigenvalue weighted by molar-refractivity contribution is -0.147. The summed E-state index contributed by atoms with van der Waals surface area (Å²) in [6.07, 6.45) is 0. The number of methoxy groups -OCH3 is 1. The van der Waals surface area contributed by atoms with Crippen LogP contribution in [0.3, 0.4) is 0 Å². The summed E-state index contributed by atoms with van der Waals surface area (Å²) in [5.74, 6) is -1.01. The first-order chi connectivity index (χ1) is 9.99. The molecular formula is C13H23N3O5. The van der Waals surface area contributed by atoms with E-state index in [9.17, 15) is 14.4 Å². The number of esters is 1. The Labute approximate surface area is 124 Å². The predicted molar refractivity (Wildman–Crippen MR) is 74.5 cm³/mol. The molecule has 21 heavy (non-hydrogen) atoms. The number of ether oxygens (including phenoxy) is 2. The van der Waals surface area contributed by atoms with E-state index >= 15 is 0 Å². The summed E-state index contributed by atoms with van der Waals surface area (Å²) in [4.78, 5) is 36.8. The van der Waals surface area contributed by atoms with Gasteiger partial charge in [-0.25, -0.2) is 4.79 Å². The monoisotopic (exact) mass is 301 g/mol. The minimum Gasteiger partial charge on any atom is -0.467 e. The van der Waals surface area contributed by atoms with E-state index in [1.807, 2.05) is 11.8 Å². The molecule has 0 aliphatic carbocycles. The van der Waals surface area contributed by atoms with Crippen molar-refractivity contribution in [3.63, 3.8) is 0 Å². The van der Waals surface area contributed by atoms with Crippen molar-refractivity contribution in [2.24, 2.45) is 0 Å². The van der Waals surface area contributed by atoms with Crippen LogP contribution in [-0.2, 0) is 23.9 Å². The van der Waals surface area contributed by atoms with Crippen LogP contribution < -0.4 is 10.6 Å². The molecular weight excluding hydrogens is 278 g/mol. The van der Waals surface area contributed by atoms with Gasteiger partial charge in [0.2, 0.25) is 11.8 Å². The number of rotatable bonds is 6. The Hall–Kier alpha value is -1.67. The number of nitrogens with one attached hydrogen (secondary N) is 2. The van der Waals surface area contributed by atoms with E-state index in [2.05, 4.69) is 15.4 Å². The fourth-order valence-electron chi connectivity index (χ4n) is 2.19. The van der Waals surface area contributed by atoms with Gasteiger partial charge in [-0.2, -0.15) is 0 Å². The summed E-state index contributed by atoms with van der Waals surface area (Å²) < 4.78 is 10.0. The lowest BCUT2D eigenvalue weighted by Gasteiger charge is -2.36. The molecule has 1 aliphatic rings. The van der Waals surface area contributed by atoms with Gasteiger partial charge in [-0.15, -0.1) is 0 Å². The molecule has 2 atom stereocenters. The van der Waals surface area contributed by atoms with Gasteiger partial charge < -0.3 is 20.1 Å². The number of hydrogen-bond donors (Lipinski definition) is 2. The first-order valence-corrected chi connectivity index (χ1v) is 6.94. The SMILES string of the molecule is CCNC(=O)C1COCCN1CC(NC(C)=O)C(=O)OC. The molecule has 2 N–H and O–H groups in total. The summed E-state index contributed by atoms with van der Waals surface area (Å²) in [5.41, 5.74) is 0. The van der Waals surface area contributed by atoms with E-state index in [0.717, 1.165) is 0 Å². The topological polar surface area (TPSA) is 97.0 Å². The van der Waals surface area contributed by atoms with Crippen molar-refractivity contribution in [1.82, 2.24) is 15.5 Å². The zero-order chi connectivity index (χ0) is 15.8. The lowest BCUT2D eigenvalue weighted by Crippen LogP contribution is -2.58. The molecule has 0 saturated carbocycles. The molecule has 0 aromatic carbocycles. The van der Waals surface area contributed by atoms with E-state index in [4.69, 9.17) is 4.74 Å². The van der Waals surface area contributed by atoms with Crippen LogP contribution in [0, 0.1) is 0 Å². The smallest absolute Gasteiger partial charge is 0.329 e. The highest BCUT2D eigenvalue weighted by Crippen LogP contribution is 2.09. The zero-order valence-corrected chi connectivity index (χ0v) is 12.7. The van der Waals surface area contributed by atoms with E-state index in [1.54, 1.807) is 0 Å². The number of likely N-dealkylation sites (N-methyl/N-ethyl adjacent to an activating group) is 1. The van der Waals surface area contributed by atoms with Crippen molar-refractivity contribution in [3.8, 4) is 0 Å². The summed E-state index contributed by atoms with van der Waals surface area (Å²) in [5, 5.41) is 5.28. The van der Waals surface area contributed by atoms with Gasteiger partial charge in [0.15, 0.2) is 0 Å². The summed E-state index contributed by atoms with van der Waals surface area (Å²) in [7, 11) is 1.26.